The minimum atomic E-state index is -4.62. The monoisotopic (exact) mass is 417 g/mol. The number of benzene rings is 2. The molecule has 5 nitrogen and oxygen atoms in total. The Labute approximate surface area is 162 Å². The van der Waals surface area contributed by atoms with E-state index in [9.17, 15) is 21.6 Å². The Morgan fingerprint density at radius 3 is 2.32 bits per heavy atom. The Hall–Kier alpha value is -2.26. The van der Waals surface area contributed by atoms with Gasteiger partial charge in [0.1, 0.15) is 0 Å². The third kappa shape index (κ3) is 4.96. The van der Waals surface area contributed by atoms with Crippen LogP contribution in [0.3, 0.4) is 0 Å². The lowest BCUT2D eigenvalue weighted by Crippen LogP contribution is -2.30. The van der Waals surface area contributed by atoms with Gasteiger partial charge in [0, 0.05) is 13.1 Å². The zero-order valence-corrected chi connectivity index (χ0v) is 16.6. The van der Waals surface area contributed by atoms with Crippen molar-refractivity contribution in [2.45, 2.75) is 31.5 Å². The van der Waals surface area contributed by atoms with Gasteiger partial charge >= 0.3 is 6.18 Å². The number of methoxy groups -OCH3 is 1. The summed E-state index contributed by atoms with van der Waals surface area (Å²) in [5.74, 6) is 0.976. The van der Waals surface area contributed by atoms with Crippen LogP contribution in [0.1, 0.15) is 25.0 Å². The van der Waals surface area contributed by atoms with E-state index in [1.807, 2.05) is 6.92 Å². The molecule has 0 aromatic heterocycles. The lowest BCUT2D eigenvalue weighted by atomic mass is 10.2. The predicted molar refractivity (Wildman–Crippen MR) is 98.9 cm³/mol. The molecule has 28 heavy (non-hydrogen) atoms. The third-order valence-corrected chi connectivity index (χ3v) is 5.96. The smallest absolute Gasteiger partial charge is 0.416 e. The van der Waals surface area contributed by atoms with Crippen molar-refractivity contribution in [1.82, 2.24) is 4.31 Å². The molecule has 0 spiro atoms. The number of sulfonamides is 1. The molecule has 0 saturated heterocycles. The highest BCUT2D eigenvalue weighted by atomic mass is 32.2. The van der Waals surface area contributed by atoms with Crippen LogP contribution in [-0.4, -0.2) is 33.0 Å². The molecule has 0 aliphatic carbocycles. The lowest BCUT2D eigenvalue weighted by molar-refractivity contribution is -0.137. The second-order valence-corrected chi connectivity index (χ2v) is 7.81. The molecule has 0 atom stereocenters. The molecule has 0 bridgehead atoms. The van der Waals surface area contributed by atoms with E-state index in [-0.39, 0.29) is 13.1 Å². The summed E-state index contributed by atoms with van der Waals surface area (Å²) >= 11 is 0. The molecule has 0 saturated carbocycles. The van der Waals surface area contributed by atoms with Crippen molar-refractivity contribution in [2.24, 2.45) is 0 Å². The SMILES string of the molecule is CCOc1ccc(CN(CC)S(=O)(=O)c2cccc(C(F)(F)F)c2)cc1OC. The van der Waals surface area contributed by atoms with Crippen LogP contribution in [0.2, 0.25) is 0 Å². The number of alkyl halides is 3. The summed E-state index contributed by atoms with van der Waals surface area (Å²) in [4.78, 5) is -0.401. The van der Waals surface area contributed by atoms with Crippen LogP contribution in [0.15, 0.2) is 47.4 Å². The van der Waals surface area contributed by atoms with Crippen LogP contribution in [0.5, 0.6) is 11.5 Å². The second-order valence-electron chi connectivity index (χ2n) is 5.88. The number of nitrogens with zero attached hydrogens (tertiary/aromatic N) is 1. The number of hydrogen-bond acceptors (Lipinski definition) is 4. The molecule has 0 unspecified atom stereocenters. The van der Waals surface area contributed by atoms with Crippen molar-refractivity contribution < 1.29 is 31.1 Å². The van der Waals surface area contributed by atoms with Crippen LogP contribution in [-0.2, 0) is 22.7 Å². The van der Waals surface area contributed by atoms with E-state index in [0.717, 1.165) is 22.5 Å². The maximum atomic E-state index is 12.9. The molecule has 0 amide bonds. The molecule has 0 N–H and O–H groups in total. The number of hydrogen-bond donors (Lipinski definition) is 0. The van der Waals surface area contributed by atoms with E-state index < -0.39 is 26.7 Å². The van der Waals surface area contributed by atoms with Gasteiger partial charge < -0.3 is 9.47 Å². The fourth-order valence-corrected chi connectivity index (χ4v) is 4.12. The first kappa shape index (κ1) is 22.0. The van der Waals surface area contributed by atoms with Gasteiger partial charge in [-0.3, -0.25) is 0 Å². The molecule has 0 radical (unpaired) electrons. The van der Waals surface area contributed by atoms with Gasteiger partial charge in [0.2, 0.25) is 10.0 Å². The highest BCUT2D eigenvalue weighted by Gasteiger charge is 2.32. The molecule has 2 aromatic rings. The van der Waals surface area contributed by atoms with Crippen molar-refractivity contribution in [2.75, 3.05) is 20.3 Å². The van der Waals surface area contributed by atoms with Gasteiger partial charge in [0.15, 0.2) is 11.5 Å². The van der Waals surface area contributed by atoms with Crippen molar-refractivity contribution in [1.29, 1.82) is 0 Å². The van der Waals surface area contributed by atoms with Crippen LogP contribution in [0, 0.1) is 0 Å². The molecule has 2 rings (SSSR count). The number of ether oxygens (including phenoxy) is 2. The van der Waals surface area contributed by atoms with Crippen molar-refractivity contribution in [3.63, 3.8) is 0 Å². The van der Waals surface area contributed by atoms with Crippen LogP contribution >= 0.6 is 0 Å². The predicted octanol–water partition coefficient (Wildman–Crippen LogP) is 4.32. The second kappa shape index (κ2) is 8.83. The summed E-state index contributed by atoms with van der Waals surface area (Å²) in [5.41, 5.74) is -0.384. The van der Waals surface area contributed by atoms with Gasteiger partial charge in [-0.05, 0) is 42.8 Å². The molecular weight excluding hydrogens is 395 g/mol. The van der Waals surface area contributed by atoms with Crippen LogP contribution in [0.4, 0.5) is 13.2 Å². The quantitative estimate of drug-likeness (QED) is 0.642. The molecule has 0 aliphatic rings. The van der Waals surface area contributed by atoms with Gasteiger partial charge in [0.05, 0.1) is 24.2 Å². The standard InChI is InChI=1S/C19H22F3NO4S/c1-4-23(13-14-9-10-17(27-5-2)18(11-14)26-3)28(24,25)16-8-6-7-15(12-16)19(20,21)22/h6-12H,4-5,13H2,1-3H3. The van der Waals surface area contributed by atoms with Crippen molar-refractivity contribution in [3.05, 3.63) is 53.6 Å². The van der Waals surface area contributed by atoms with E-state index in [0.29, 0.717) is 29.7 Å². The Balaban J connectivity index is 2.34. The molecule has 154 valence electrons. The van der Waals surface area contributed by atoms with E-state index in [2.05, 4.69) is 0 Å². The minimum absolute atomic E-state index is 0.0160. The first-order chi connectivity index (χ1) is 13.1. The Morgan fingerprint density at radius 2 is 1.75 bits per heavy atom. The van der Waals surface area contributed by atoms with E-state index in [1.165, 1.54) is 7.11 Å². The van der Waals surface area contributed by atoms with Gasteiger partial charge in [0.25, 0.3) is 0 Å². The summed E-state index contributed by atoms with van der Waals surface area (Å²) < 4.78 is 76.4. The van der Waals surface area contributed by atoms with E-state index in [4.69, 9.17) is 9.47 Å². The summed E-state index contributed by atoms with van der Waals surface area (Å²) in [7, 11) is -2.64. The molecule has 0 aliphatic heterocycles. The zero-order valence-electron chi connectivity index (χ0n) is 15.8. The molecule has 0 heterocycles. The maximum Gasteiger partial charge on any atom is 0.416 e. The Bertz CT molecular complexity index is 914. The molecule has 9 heteroatoms. The van der Waals surface area contributed by atoms with Gasteiger partial charge in [-0.25, -0.2) is 8.42 Å². The highest BCUT2D eigenvalue weighted by molar-refractivity contribution is 7.89. The normalized spacial score (nSPS) is 12.2. The average molecular weight is 417 g/mol. The fraction of sp³-hybridized carbons (Fsp3) is 0.368. The van der Waals surface area contributed by atoms with Gasteiger partial charge in [-0.1, -0.05) is 19.1 Å². The summed E-state index contributed by atoms with van der Waals surface area (Å²) in [5, 5.41) is 0. The molecule has 0 fully saturated rings. The first-order valence-corrected chi connectivity index (χ1v) is 10.0. The maximum absolute atomic E-state index is 12.9. The average Bonchev–Trinajstić information content (AvgIpc) is 2.66. The third-order valence-electron chi connectivity index (χ3n) is 4.04. The number of rotatable bonds is 8. The van der Waals surface area contributed by atoms with Gasteiger partial charge in [-0.2, -0.15) is 17.5 Å². The summed E-state index contributed by atoms with van der Waals surface area (Å²) in [6.07, 6.45) is -4.62. The number of halogens is 3. The fourth-order valence-electron chi connectivity index (χ4n) is 2.64. The lowest BCUT2D eigenvalue weighted by Gasteiger charge is -2.22. The molecular formula is C19H22F3NO4S. The van der Waals surface area contributed by atoms with Crippen LogP contribution in [0.25, 0.3) is 0 Å². The van der Waals surface area contributed by atoms with Crippen LogP contribution < -0.4 is 9.47 Å². The topological polar surface area (TPSA) is 55.8 Å². The van der Waals surface area contributed by atoms with Gasteiger partial charge in [-0.15, -0.1) is 0 Å². The first-order valence-electron chi connectivity index (χ1n) is 8.60. The largest absolute Gasteiger partial charge is 0.493 e. The Morgan fingerprint density at radius 1 is 1.04 bits per heavy atom. The van der Waals surface area contributed by atoms with E-state index in [1.54, 1.807) is 25.1 Å². The summed E-state index contributed by atoms with van der Waals surface area (Å²) in [6, 6.07) is 8.74. The summed E-state index contributed by atoms with van der Waals surface area (Å²) in [6.45, 7) is 3.97. The van der Waals surface area contributed by atoms with E-state index >= 15 is 0 Å². The van der Waals surface area contributed by atoms with Crippen molar-refractivity contribution in [3.8, 4) is 11.5 Å². The molecule has 2 aromatic carbocycles. The highest BCUT2D eigenvalue weighted by Crippen LogP contribution is 2.32. The van der Waals surface area contributed by atoms with Crippen molar-refractivity contribution >= 4 is 10.0 Å². The Kier molecular flexibility index (Phi) is 6.95. The zero-order chi connectivity index (χ0) is 20.9. The minimum Gasteiger partial charge on any atom is -0.493 e.